The van der Waals surface area contributed by atoms with E-state index < -0.39 is 0 Å². The molecule has 26 heavy (non-hydrogen) atoms. The summed E-state index contributed by atoms with van der Waals surface area (Å²) in [4.78, 5) is 25.2. The number of carbonyl (C=O) groups is 2. The minimum absolute atomic E-state index is 0.000667. The smallest absolute Gasteiger partial charge is 0.257 e. The summed E-state index contributed by atoms with van der Waals surface area (Å²) in [5, 5.41) is 5.78. The van der Waals surface area contributed by atoms with Gasteiger partial charge in [0.2, 0.25) is 5.91 Å². The first-order valence-corrected chi connectivity index (χ1v) is 8.95. The Morgan fingerprint density at radius 2 is 1.73 bits per heavy atom. The first kappa shape index (κ1) is 17.8. The summed E-state index contributed by atoms with van der Waals surface area (Å²) in [6.45, 7) is 0. The molecular weight excluding hydrogens is 324 g/mol. The monoisotopic (exact) mass is 346 g/mol. The Bertz CT molecular complexity index is 845. The molecule has 0 radical (unpaired) electrons. The number of terminal acetylenes is 1. The van der Waals surface area contributed by atoms with Crippen molar-refractivity contribution in [3.05, 3.63) is 59.7 Å². The van der Waals surface area contributed by atoms with Crippen LogP contribution in [0.2, 0.25) is 0 Å². The molecule has 1 saturated carbocycles. The van der Waals surface area contributed by atoms with Crippen molar-refractivity contribution >= 4 is 23.2 Å². The van der Waals surface area contributed by atoms with Crippen LogP contribution in [0.25, 0.3) is 0 Å². The van der Waals surface area contributed by atoms with Crippen LogP contribution in [0.15, 0.2) is 48.5 Å². The fourth-order valence-electron chi connectivity index (χ4n) is 3.27. The van der Waals surface area contributed by atoms with Crippen LogP contribution in [0.4, 0.5) is 11.4 Å². The second kappa shape index (κ2) is 8.35. The molecule has 1 aliphatic carbocycles. The summed E-state index contributed by atoms with van der Waals surface area (Å²) in [7, 11) is 0. The van der Waals surface area contributed by atoms with Crippen LogP contribution in [0.5, 0.6) is 0 Å². The van der Waals surface area contributed by atoms with Crippen molar-refractivity contribution in [1.29, 1.82) is 0 Å². The van der Waals surface area contributed by atoms with E-state index in [4.69, 9.17) is 6.42 Å². The molecule has 0 atom stereocenters. The van der Waals surface area contributed by atoms with E-state index in [9.17, 15) is 9.59 Å². The molecule has 0 unspecified atom stereocenters. The molecule has 0 aliphatic heterocycles. The summed E-state index contributed by atoms with van der Waals surface area (Å²) in [6, 6.07) is 14.2. The summed E-state index contributed by atoms with van der Waals surface area (Å²) in [5.74, 6) is 2.30. The second-order valence-electron chi connectivity index (χ2n) is 6.55. The molecule has 4 nitrogen and oxygen atoms in total. The molecule has 2 N–H and O–H groups in total. The average Bonchev–Trinajstić information content (AvgIpc) is 2.69. The molecule has 1 aliphatic rings. The fraction of sp³-hybridized carbons (Fsp3) is 0.273. The molecule has 2 aromatic carbocycles. The molecule has 3 rings (SSSR count). The zero-order valence-corrected chi connectivity index (χ0v) is 14.6. The minimum Gasteiger partial charge on any atom is -0.325 e. The Morgan fingerprint density at radius 3 is 2.50 bits per heavy atom. The van der Waals surface area contributed by atoms with Crippen LogP contribution in [-0.4, -0.2) is 11.8 Å². The van der Waals surface area contributed by atoms with Gasteiger partial charge in [-0.1, -0.05) is 43.4 Å². The Labute approximate surface area is 154 Å². The van der Waals surface area contributed by atoms with Gasteiger partial charge in [0.25, 0.3) is 5.91 Å². The lowest BCUT2D eigenvalue weighted by Gasteiger charge is -2.21. The topological polar surface area (TPSA) is 58.2 Å². The van der Waals surface area contributed by atoms with Gasteiger partial charge in [-0.25, -0.2) is 0 Å². The van der Waals surface area contributed by atoms with Crippen LogP contribution in [0.1, 0.15) is 48.0 Å². The first-order chi connectivity index (χ1) is 12.7. The van der Waals surface area contributed by atoms with Gasteiger partial charge in [-0.15, -0.1) is 6.42 Å². The highest BCUT2D eigenvalue weighted by Gasteiger charge is 2.22. The zero-order valence-electron chi connectivity index (χ0n) is 14.6. The van der Waals surface area contributed by atoms with Gasteiger partial charge >= 0.3 is 0 Å². The third-order valence-electron chi connectivity index (χ3n) is 4.69. The van der Waals surface area contributed by atoms with Crippen molar-refractivity contribution < 1.29 is 9.59 Å². The molecule has 2 amide bonds. The zero-order chi connectivity index (χ0) is 18.4. The van der Waals surface area contributed by atoms with Crippen molar-refractivity contribution in [2.45, 2.75) is 32.1 Å². The van der Waals surface area contributed by atoms with E-state index in [0.717, 1.165) is 25.7 Å². The molecule has 2 aromatic rings. The molecule has 0 aromatic heterocycles. The van der Waals surface area contributed by atoms with E-state index in [1.807, 2.05) is 6.07 Å². The average molecular weight is 346 g/mol. The van der Waals surface area contributed by atoms with Crippen molar-refractivity contribution in [1.82, 2.24) is 0 Å². The normalized spacial score (nSPS) is 14.3. The van der Waals surface area contributed by atoms with Gasteiger partial charge in [0.05, 0.1) is 11.3 Å². The van der Waals surface area contributed by atoms with Crippen LogP contribution in [0, 0.1) is 18.3 Å². The number of carbonyl (C=O) groups excluding carboxylic acids is 2. The maximum absolute atomic E-state index is 12.7. The highest BCUT2D eigenvalue weighted by Crippen LogP contribution is 2.26. The molecule has 132 valence electrons. The van der Waals surface area contributed by atoms with Crippen molar-refractivity contribution in [3.63, 3.8) is 0 Å². The first-order valence-electron chi connectivity index (χ1n) is 8.95. The van der Waals surface area contributed by atoms with Crippen molar-refractivity contribution in [2.24, 2.45) is 5.92 Å². The summed E-state index contributed by atoms with van der Waals surface area (Å²) >= 11 is 0. The SMILES string of the molecule is C#Cc1cccc(NC(=O)c2ccccc2NC(=O)C2CCCCC2)c1. The van der Waals surface area contributed by atoms with Gasteiger partial charge < -0.3 is 10.6 Å². The number of anilines is 2. The Morgan fingerprint density at radius 1 is 0.962 bits per heavy atom. The third kappa shape index (κ3) is 4.31. The number of benzene rings is 2. The fourth-order valence-corrected chi connectivity index (χ4v) is 3.27. The van der Waals surface area contributed by atoms with E-state index in [-0.39, 0.29) is 17.7 Å². The number of rotatable bonds is 4. The molecule has 0 bridgehead atoms. The lowest BCUT2D eigenvalue weighted by molar-refractivity contribution is -0.120. The lowest BCUT2D eigenvalue weighted by Crippen LogP contribution is -2.26. The predicted molar refractivity (Wildman–Crippen MR) is 104 cm³/mol. The van der Waals surface area contributed by atoms with Crippen LogP contribution in [-0.2, 0) is 4.79 Å². The van der Waals surface area contributed by atoms with E-state index in [0.29, 0.717) is 22.5 Å². The quantitative estimate of drug-likeness (QED) is 0.804. The van der Waals surface area contributed by atoms with Gasteiger partial charge in [-0.2, -0.15) is 0 Å². The summed E-state index contributed by atoms with van der Waals surface area (Å²) in [6.07, 6.45) is 10.6. The molecule has 0 spiro atoms. The second-order valence-corrected chi connectivity index (χ2v) is 6.55. The highest BCUT2D eigenvalue weighted by molar-refractivity contribution is 6.10. The summed E-state index contributed by atoms with van der Waals surface area (Å²) < 4.78 is 0. The molecule has 1 fully saturated rings. The maximum atomic E-state index is 12.7. The lowest BCUT2D eigenvalue weighted by atomic mass is 9.88. The number of nitrogens with one attached hydrogen (secondary N) is 2. The number of hydrogen-bond donors (Lipinski definition) is 2. The van der Waals surface area contributed by atoms with Crippen LogP contribution < -0.4 is 10.6 Å². The Hall–Kier alpha value is -3.06. The van der Waals surface area contributed by atoms with Crippen LogP contribution >= 0.6 is 0 Å². The van der Waals surface area contributed by atoms with Gasteiger partial charge in [-0.05, 0) is 43.2 Å². The van der Waals surface area contributed by atoms with Gasteiger partial charge in [-0.3, -0.25) is 9.59 Å². The van der Waals surface area contributed by atoms with Crippen LogP contribution in [0.3, 0.4) is 0 Å². The Balaban J connectivity index is 1.74. The van der Waals surface area contributed by atoms with E-state index in [2.05, 4.69) is 16.6 Å². The maximum Gasteiger partial charge on any atom is 0.257 e. The largest absolute Gasteiger partial charge is 0.325 e. The van der Waals surface area contributed by atoms with E-state index in [1.165, 1.54) is 6.42 Å². The summed E-state index contributed by atoms with van der Waals surface area (Å²) in [5.41, 5.74) is 2.29. The third-order valence-corrected chi connectivity index (χ3v) is 4.69. The molecular formula is C22H22N2O2. The standard InChI is InChI=1S/C22H22N2O2/c1-2-16-9-8-12-18(15-16)23-22(26)19-13-6-7-14-20(19)24-21(25)17-10-4-3-5-11-17/h1,6-9,12-15,17H,3-5,10-11H2,(H,23,26)(H,24,25). The highest BCUT2D eigenvalue weighted by atomic mass is 16.2. The molecule has 0 saturated heterocycles. The molecule has 0 heterocycles. The number of hydrogen-bond acceptors (Lipinski definition) is 2. The number of amides is 2. The van der Waals surface area contributed by atoms with Gasteiger partial charge in [0.1, 0.15) is 0 Å². The predicted octanol–water partition coefficient (Wildman–Crippen LogP) is 4.44. The minimum atomic E-state index is -0.279. The van der Waals surface area contributed by atoms with Gasteiger partial charge in [0.15, 0.2) is 0 Å². The van der Waals surface area contributed by atoms with E-state index in [1.54, 1.807) is 42.5 Å². The van der Waals surface area contributed by atoms with Gasteiger partial charge in [0, 0.05) is 17.2 Å². The van der Waals surface area contributed by atoms with Crippen molar-refractivity contribution in [3.8, 4) is 12.3 Å². The van der Waals surface area contributed by atoms with E-state index >= 15 is 0 Å². The van der Waals surface area contributed by atoms with Crippen molar-refractivity contribution in [2.75, 3.05) is 10.6 Å². The molecule has 4 heteroatoms. The Kier molecular flexibility index (Phi) is 5.70. The number of para-hydroxylation sites is 1.